The average molecular weight is 276 g/mol. The molecule has 0 spiro atoms. The summed E-state index contributed by atoms with van der Waals surface area (Å²) < 4.78 is 0. The molecule has 0 aliphatic heterocycles. The normalized spacial score (nSPS) is 19.0. The minimum absolute atomic E-state index is 0.0864. The molecule has 2 amide bonds. The predicted molar refractivity (Wildman–Crippen MR) is 79.6 cm³/mol. The molecule has 0 fully saturated rings. The molecule has 3 N–H and O–H groups in total. The van der Waals surface area contributed by atoms with Crippen LogP contribution in [0.25, 0.3) is 0 Å². The first-order valence-electron chi connectivity index (χ1n) is 7.51. The molecule has 4 nitrogen and oxygen atoms in total. The molecule has 0 saturated carbocycles. The third-order valence-electron chi connectivity index (χ3n) is 3.79. The van der Waals surface area contributed by atoms with Crippen LogP contribution in [0.5, 0.6) is 0 Å². The summed E-state index contributed by atoms with van der Waals surface area (Å²) in [4.78, 5) is 11.9. The maximum atomic E-state index is 11.9. The van der Waals surface area contributed by atoms with Gasteiger partial charge in [0.2, 0.25) is 0 Å². The van der Waals surface area contributed by atoms with Crippen LogP contribution >= 0.6 is 0 Å². The topological polar surface area (TPSA) is 61.4 Å². The molecule has 4 heteroatoms. The smallest absolute Gasteiger partial charge is 0.315 e. The van der Waals surface area contributed by atoms with Crippen LogP contribution in [0.3, 0.4) is 0 Å². The highest BCUT2D eigenvalue weighted by molar-refractivity contribution is 5.74. The summed E-state index contributed by atoms with van der Waals surface area (Å²) in [5, 5.41) is 15.4. The van der Waals surface area contributed by atoms with E-state index in [0.717, 1.165) is 25.7 Å². The van der Waals surface area contributed by atoms with Gasteiger partial charge in [-0.05, 0) is 36.8 Å². The summed E-state index contributed by atoms with van der Waals surface area (Å²) in [5.74, 6) is 0. The van der Waals surface area contributed by atoms with Gasteiger partial charge in [0.25, 0.3) is 0 Å². The fourth-order valence-electron chi connectivity index (χ4n) is 2.76. The van der Waals surface area contributed by atoms with Gasteiger partial charge in [0.05, 0.1) is 12.1 Å². The second-order valence-corrected chi connectivity index (χ2v) is 5.44. The fraction of sp³-hybridized carbons (Fsp3) is 0.562. The third-order valence-corrected chi connectivity index (χ3v) is 3.79. The fourth-order valence-corrected chi connectivity index (χ4v) is 2.76. The lowest BCUT2D eigenvalue weighted by Gasteiger charge is -2.26. The van der Waals surface area contributed by atoms with E-state index in [0.29, 0.717) is 13.0 Å². The first kappa shape index (κ1) is 14.9. The number of rotatable bonds is 5. The predicted octanol–water partition coefficient (Wildman–Crippen LogP) is 2.52. The quantitative estimate of drug-likeness (QED) is 0.774. The van der Waals surface area contributed by atoms with Crippen LogP contribution in [0, 0.1) is 0 Å². The molecule has 0 radical (unpaired) electrons. The molecular weight excluding hydrogens is 252 g/mol. The van der Waals surface area contributed by atoms with Gasteiger partial charge in [-0.15, -0.1) is 0 Å². The van der Waals surface area contributed by atoms with Gasteiger partial charge in [-0.3, -0.25) is 0 Å². The van der Waals surface area contributed by atoms with Crippen LogP contribution in [0.1, 0.15) is 49.8 Å². The van der Waals surface area contributed by atoms with E-state index < -0.39 is 6.10 Å². The first-order chi connectivity index (χ1) is 9.70. The summed E-state index contributed by atoms with van der Waals surface area (Å²) in [6.45, 7) is 2.33. The van der Waals surface area contributed by atoms with Crippen molar-refractivity contribution in [3.8, 4) is 0 Å². The molecule has 1 aliphatic rings. The van der Waals surface area contributed by atoms with Crippen molar-refractivity contribution < 1.29 is 9.90 Å². The number of hydrogen-bond acceptors (Lipinski definition) is 2. The van der Waals surface area contributed by atoms with E-state index in [1.807, 2.05) is 19.1 Å². The van der Waals surface area contributed by atoms with Gasteiger partial charge in [0, 0.05) is 6.54 Å². The summed E-state index contributed by atoms with van der Waals surface area (Å²) in [5.41, 5.74) is 2.55. The lowest BCUT2D eigenvalue weighted by molar-refractivity contribution is 0.159. The summed E-state index contributed by atoms with van der Waals surface area (Å²) >= 11 is 0. The summed E-state index contributed by atoms with van der Waals surface area (Å²) in [7, 11) is 0. The maximum Gasteiger partial charge on any atom is 0.315 e. The van der Waals surface area contributed by atoms with Crippen LogP contribution < -0.4 is 10.6 Å². The summed E-state index contributed by atoms with van der Waals surface area (Å²) in [6, 6.07) is 8.17. The molecule has 0 heterocycles. The van der Waals surface area contributed by atoms with Gasteiger partial charge in [0.15, 0.2) is 0 Å². The minimum Gasteiger partial charge on any atom is -0.391 e. The minimum atomic E-state index is -0.454. The van der Waals surface area contributed by atoms with E-state index in [2.05, 4.69) is 22.8 Å². The van der Waals surface area contributed by atoms with Crippen LogP contribution in [-0.2, 0) is 6.42 Å². The number of fused-ring (bicyclic) bond motifs is 1. The van der Waals surface area contributed by atoms with Crippen LogP contribution in [0.4, 0.5) is 4.79 Å². The second-order valence-electron chi connectivity index (χ2n) is 5.44. The Labute approximate surface area is 120 Å². The molecule has 2 unspecified atom stereocenters. The van der Waals surface area contributed by atoms with Crippen molar-refractivity contribution in [1.29, 1.82) is 0 Å². The van der Waals surface area contributed by atoms with E-state index in [-0.39, 0.29) is 12.1 Å². The second kappa shape index (κ2) is 7.29. The number of aryl methyl sites for hydroxylation is 1. The Morgan fingerprint density at radius 2 is 2.25 bits per heavy atom. The van der Waals surface area contributed by atoms with Crippen molar-refractivity contribution in [1.82, 2.24) is 10.6 Å². The third kappa shape index (κ3) is 3.97. The highest BCUT2D eigenvalue weighted by Crippen LogP contribution is 2.29. The molecule has 0 bridgehead atoms. The van der Waals surface area contributed by atoms with Gasteiger partial charge in [-0.2, -0.15) is 0 Å². The molecule has 2 rings (SSSR count). The van der Waals surface area contributed by atoms with E-state index >= 15 is 0 Å². The zero-order valence-electron chi connectivity index (χ0n) is 12.1. The van der Waals surface area contributed by atoms with Crippen molar-refractivity contribution in [2.24, 2.45) is 0 Å². The van der Waals surface area contributed by atoms with Crippen LogP contribution in [-0.4, -0.2) is 23.8 Å². The molecule has 110 valence electrons. The summed E-state index contributed by atoms with van der Waals surface area (Å²) in [6.07, 6.45) is 4.34. The Hall–Kier alpha value is -1.55. The van der Waals surface area contributed by atoms with Gasteiger partial charge < -0.3 is 15.7 Å². The number of benzene rings is 1. The molecule has 1 aromatic carbocycles. The Kier molecular flexibility index (Phi) is 5.41. The number of urea groups is 1. The standard InChI is InChI=1S/C16H24N2O2/c1-2-6-13(19)11-17-16(20)18-15-10-5-8-12-7-3-4-9-14(12)15/h3-4,7,9,13,15,19H,2,5-6,8,10-11H2,1H3,(H2,17,18,20). The largest absolute Gasteiger partial charge is 0.391 e. The zero-order valence-corrected chi connectivity index (χ0v) is 12.1. The Morgan fingerprint density at radius 1 is 1.45 bits per heavy atom. The average Bonchev–Trinajstić information content (AvgIpc) is 2.46. The molecule has 1 aromatic rings. The van der Waals surface area contributed by atoms with Crippen molar-refractivity contribution in [3.63, 3.8) is 0 Å². The van der Waals surface area contributed by atoms with E-state index in [9.17, 15) is 9.90 Å². The van der Waals surface area contributed by atoms with Gasteiger partial charge in [-0.25, -0.2) is 4.79 Å². The zero-order chi connectivity index (χ0) is 14.4. The van der Waals surface area contributed by atoms with E-state index in [1.54, 1.807) is 0 Å². The number of aliphatic hydroxyl groups is 1. The molecular formula is C16H24N2O2. The molecule has 2 atom stereocenters. The Bertz CT molecular complexity index is 448. The first-order valence-corrected chi connectivity index (χ1v) is 7.51. The maximum absolute atomic E-state index is 11.9. The number of hydrogen-bond donors (Lipinski definition) is 3. The Morgan fingerprint density at radius 3 is 3.05 bits per heavy atom. The number of aliphatic hydroxyl groups excluding tert-OH is 1. The number of carbonyl (C=O) groups is 1. The van der Waals surface area contributed by atoms with Gasteiger partial charge in [-0.1, -0.05) is 37.6 Å². The molecule has 0 saturated heterocycles. The molecule has 0 aromatic heterocycles. The van der Waals surface area contributed by atoms with Crippen LogP contribution in [0.2, 0.25) is 0 Å². The van der Waals surface area contributed by atoms with E-state index in [1.165, 1.54) is 11.1 Å². The number of amides is 2. The van der Waals surface area contributed by atoms with Gasteiger partial charge >= 0.3 is 6.03 Å². The van der Waals surface area contributed by atoms with Crippen molar-refractivity contribution in [2.75, 3.05) is 6.54 Å². The molecule has 1 aliphatic carbocycles. The van der Waals surface area contributed by atoms with Crippen molar-refractivity contribution in [3.05, 3.63) is 35.4 Å². The van der Waals surface area contributed by atoms with Crippen molar-refractivity contribution >= 4 is 6.03 Å². The van der Waals surface area contributed by atoms with Crippen molar-refractivity contribution in [2.45, 2.75) is 51.2 Å². The lowest BCUT2D eigenvalue weighted by Crippen LogP contribution is -2.42. The number of carbonyl (C=O) groups excluding carboxylic acids is 1. The van der Waals surface area contributed by atoms with Crippen LogP contribution in [0.15, 0.2) is 24.3 Å². The number of nitrogens with one attached hydrogen (secondary N) is 2. The highest BCUT2D eigenvalue weighted by atomic mass is 16.3. The molecule has 20 heavy (non-hydrogen) atoms. The van der Waals surface area contributed by atoms with E-state index in [4.69, 9.17) is 0 Å². The monoisotopic (exact) mass is 276 g/mol. The highest BCUT2D eigenvalue weighted by Gasteiger charge is 2.21. The SMILES string of the molecule is CCCC(O)CNC(=O)NC1CCCc2ccccc21. The van der Waals surface area contributed by atoms with Gasteiger partial charge in [0.1, 0.15) is 0 Å². The lowest BCUT2D eigenvalue weighted by atomic mass is 9.88. The Balaban J connectivity index is 1.86.